The summed E-state index contributed by atoms with van der Waals surface area (Å²) in [6, 6.07) is 0. The first-order chi connectivity index (χ1) is 12.8. The topological polar surface area (TPSA) is 142 Å². The smallest absolute Gasteiger partial charge is 0.254 e. The highest BCUT2D eigenvalue weighted by Gasteiger charge is 2.38. The van der Waals surface area contributed by atoms with Crippen LogP contribution in [0.2, 0.25) is 0 Å². The van der Waals surface area contributed by atoms with Crippen molar-refractivity contribution in [3.05, 3.63) is 0 Å². The Morgan fingerprint density at radius 3 is 1.63 bits per heavy atom. The predicted molar refractivity (Wildman–Crippen MR) is 102 cm³/mol. The molecule has 0 fully saturated rings. The van der Waals surface area contributed by atoms with Gasteiger partial charge < -0.3 is 35.5 Å². The standard InChI is InChI=1S/C19H39NO7/c1-3-5-7-9-11-20(12-10-8-6-4-2)19(27)18(26)17(25)16(24)15(23)14(22)13-21/h14-18,21-26H,3-13H2,1-2H3. The Morgan fingerprint density at radius 2 is 1.22 bits per heavy atom. The largest absolute Gasteiger partial charge is 0.394 e. The summed E-state index contributed by atoms with van der Waals surface area (Å²) in [6.45, 7) is 4.25. The fourth-order valence-corrected chi connectivity index (χ4v) is 2.85. The van der Waals surface area contributed by atoms with E-state index in [0.29, 0.717) is 13.1 Å². The number of aliphatic hydroxyl groups excluding tert-OH is 6. The van der Waals surface area contributed by atoms with Gasteiger partial charge in [-0.3, -0.25) is 4.79 Å². The van der Waals surface area contributed by atoms with Crippen molar-refractivity contribution in [3.63, 3.8) is 0 Å². The highest BCUT2D eigenvalue weighted by atomic mass is 16.4. The van der Waals surface area contributed by atoms with Crippen LogP contribution in [0.25, 0.3) is 0 Å². The number of amides is 1. The van der Waals surface area contributed by atoms with Gasteiger partial charge in [0.15, 0.2) is 6.10 Å². The second kappa shape index (κ2) is 15.2. The molecule has 6 N–H and O–H groups in total. The lowest BCUT2D eigenvalue weighted by Gasteiger charge is -2.31. The zero-order chi connectivity index (χ0) is 20.8. The maximum absolute atomic E-state index is 12.6. The molecular weight excluding hydrogens is 354 g/mol. The molecule has 1 amide bonds. The van der Waals surface area contributed by atoms with Crippen molar-refractivity contribution < 1.29 is 35.4 Å². The number of nitrogens with zero attached hydrogens (tertiary/aromatic N) is 1. The summed E-state index contributed by atoms with van der Waals surface area (Å²) in [6.07, 6.45) is -1.73. The highest BCUT2D eigenvalue weighted by Crippen LogP contribution is 2.13. The minimum absolute atomic E-state index is 0.451. The van der Waals surface area contributed by atoms with Gasteiger partial charge in [-0.05, 0) is 12.8 Å². The number of unbranched alkanes of at least 4 members (excludes halogenated alkanes) is 6. The van der Waals surface area contributed by atoms with Crippen LogP contribution < -0.4 is 0 Å². The van der Waals surface area contributed by atoms with Gasteiger partial charge in [0.05, 0.1) is 6.61 Å². The Kier molecular flexibility index (Phi) is 14.8. The van der Waals surface area contributed by atoms with Crippen molar-refractivity contribution in [1.29, 1.82) is 0 Å². The molecule has 27 heavy (non-hydrogen) atoms. The van der Waals surface area contributed by atoms with Crippen molar-refractivity contribution >= 4 is 5.91 Å². The van der Waals surface area contributed by atoms with Crippen LogP contribution in [0.1, 0.15) is 65.2 Å². The summed E-state index contributed by atoms with van der Waals surface area (Å²) >= 11 is 0. The lowest BCUT2D eigenvalue weighted by atomic mass is 9.98. The fourth-order valence-electron chi connectivity index (χ4n) is 2.85. The zero-order valence-corrected chi connectivity index (χ0v) is 16.7. The quantitative estimate of drug-likeness (QED) is 0.199. The number of rotatable bonds is 16. The summed E-state index contributed by atoms with van der Waals surface area (Å²) in [5.41, 5.74) is 0. The Balaban J connectivity index is 4.86. The first kappa shape index (κ1) is 26.2. The monoisotopic (exact) mass is 393 g/mol. The Morgan fingerprint density at radius 1 is 0.741 bits per heavy atom. The maximum Gasteiger partial charge on any atom is 0.254 e. The van der Waals surface area contributed by atoms with E-state index in [4.69, 9.17) is 5.11 Å². The van der Waals surface area contributed by atoms with Gasteiger partial charge in [0.1, 0.15) is 24.4 Å². The molecule has 0 aromatic heterocycles. The van der Waals surface area contributed by atoms with Gasteiger partial charge in [-0.15, -0.1) is 0 Å². The number of carbonyl (C=O) groups excluding carboxylic acids is 1. The third-order valence-corrected chi connectivity index (χ3v) is 4.73. The van der Waals surface area contributed by atoms with Gasteiger partial charge in [0, 0.05) is 13.1 Å². The van der Waals surface area contributed by atoms with Crippen LogP contribution in [0.4, 0.5) is 0 Å². The number of hydrogen-bond acceptors (Lipinski definition) is 7. The van der Waals surface area contributed by atoms with Crippen LogP contribution >= 0.6 is 0 Å². The van der Waals surface area contributed by atoms with Crippen molar-refractivity contribution in [2.45, 2.75) is 95.7 Å². The van der Waals surface area contributed by atoms with Gasteiger partial charge in [0.2, 0.25) is 0 Å². The Bertz CT molecular complexity index is 371. The molecule has 0 heterocycles. The SMILES string of the molecule is CCCCCCN(CCCCCC)C(=O)C(O)C(O)C(O)C(O)C(O)CO. The van der Waals surface area contributed by atoms with Crippen molar-refractivity contribution in [2.24, 2.45) is 0 Å². The summed E-state index contributed by atoms with van der Waals surface area (Å²) < 4.78 is 0. The second-order valence-corrected chi connectivity index (χ2v) is 7.11. The molecule has 8 nitrogen and oxygen atoms in total. The number of aliphatic hydroxyl groups is 6. The van der Waals surface area contributed by atoms with E-state index >= 15 is 0 Å². The third-order valence-electron chi connectivity index (χ3n) is 4.73. The van der Waals surface area contributed by atoms with E-state index in [1.807, 2.05) is 0 Å². The maximum atomic E-state index is 12.6. The zero-order valence-electron chi connectivity index (χ0n) is 16.7. The van der Waals surface area contributed by atoms with Crippen molar-refractivity contribution in [2.75, 3.05) is 19.7 Å². The summed E-state index contributed by atoms with van der Waals surface area (Å²) in [7, 11) is 0. The minimum atomic E-state index is -1.97. The van der Waals surface area contributed by atoms with Gasteiger partial charge in [-0.1, -0.05) is 52.4 Å². The van der Waals surface area contributed by atoms with Gasteiger partial charge in [-0.25, -0.2) is 0 Å². The molecule has 0 aromatic rings. The lowest BCUT2D eigenvalue weighted by molar-refractivity contribution is -0.164. The van der Waals surface area contributed by atoms with Gasteiger partial charge >= 0.3 is 0 Å². The molecule has 0 aliphatic heterocycles. The fraction of sp³-hybridized carbons (Fsp3) is 0.947. The summed E-state index contributed by atoms with van der Waals surface area (Å²) in [5, 5.41) is 57.9. The average molecular weight is 394 g/mol. The molecule has 0 spiro atoms. The van der Waals surface area contributed by atoms with Crippen LogP contribution in [-0.4, -0.2) is 91.7 Å². The van der Waals surface area contributed by atoms with Crippen LogP contribution in [-0.2, 0) is 4.79 Å². The first-order valence-electron chi connectivity index (χ1n) is 10.1. The molecule has 0 rings (SSSR count). The minimum Gasteiger partial charge on any atom is -0.394 e. The molecule has 0 aliphatic carbocycles. The van der Waals surface area contributed by atoms with E-state index in [1.54, 1.807) is 0 Å². The molecule has 0 aromatic carbocycles. The van der Waals surface area contributed by atoms with Crippen molar-refractivity contribution in [1.82, 2.24) is 4.90 Å². The van der Waals surface area contributed by atoms with E-state index in [-0.39, 0.29) is 0 Å². The predicted octanol–water partition coefficient (Wildman–Crippen LogP) is -0.228. The van der Waals surface area contributed by atoms with Gasteiger partial charge in [0.25, 0.3) is 5.91 Å². The van der Waals surface area contributed by atoms with Crippen LogP contribution in [0.3, 0.4) is 0 Å². The summed E-state index contributed by atoms with van der Waals surface area (Å²) in [4.78, 5) is 14.1. The van der Waals surface area contributed by atoms with E-state index < -0.39 is 43.0 Å². The molecule has 5 atom stereocenters. The Labute approximate surface area is 162 Å². The molecular formula is C19H39NO7. The summed E-state index contributed by atoms with van der Waals surface area (Å²) in [5.74, 6) is -0.708. The molecule has 0 saturated carbocycles. The van der Waals surface area contributed by atoms with Crippen LogP contribution in [0.5, 0.6) is 0 Å². The van der Waals surface area contributed by atoms with E-state index in [2.05, 4.69) is 13.8 Å². The molecule has 162 valence electrons. The molecule has 0 saturated heterocycles. The number of hydrogen-bond donors (Lipinski definition) is 6. The van der Waals surface area contributed by atoms with E-state index in [1.165, 1.54) is 4.90 Å². The molecule has 8 heteroatoms. The molecule has 5 unspecified atom stereocenters. The highest BCUT2D eigenvalue weighted by molar-refractivity contribution is 5.81. The third kappa shape index (κ3) is 9.82. The average Bonchev–Trinajstić information content (AvgIpc) is 2.69. The second-order valence-electron chi connectivity index (χ2n) is 7.11. The number of carbonyl (C=O) groups is 1. The van der Waals surface area contributed by atoms with Crippen LogP contribution in [0.15, 0.2) is 0 Å². The van der Waals surface area contributed by atoms with Crippen LogP contribution in [0, 0.1) is 0 Å². The van der Waals surface area contributed by atoms with E-state index in [9.17, 15) is 30.3 Å². The first-order valence-corrected chi connectivity index (χ1v) is 10.1. The molecule has 0 radical (unpaired) electrons. The van der Waals surface area contributed by atoms with Gasteiger partial charge in [-0.2, -0.15) is 0 Å². The Hall–Kier alpha value is -0.770. The normalized spacial score (nSPS) is 17.2. The van der Waals surface area contributed by atoms with E-state index in [0.717, 1.165) is 51.4 Å². The molecule has 0 aliphatic rings. The lowest BCUT2D eigenvalue weighted by Crippen LogP contribution is -2.54. The van der Waals surface area contributed by atoms with Crippen molar-refractivity contribution in [3.8, 4) is 0 Å². The molecule has 0 bridgehead atoms.